The summed E-state index contributed by atoms with van der Waals surface area (Å²) in [4.78, 5) is 7.53. The van der Waals surface area contributed by atoms with E-state index in [0.29, 0.717) is 13.0 Å². The Labute approximate surface area is 127 Å². The van der Waals surface area contributed by atoms with Crippen LogP contribution in [0.4, 0.5) is 8.78 Å². The lowest BCUT2D eigenvalue weighted by atomic mass is 10.0. The molecule has 0 saturated carbocycles. The summed E-state index contributed by atoms with van der Waals surface area (Å²) in [6.45, 7) is 3.47. The van der Waals surface area contributed by atoms with Gasteiger partial charge in [0.2, 0.25) is 0 Å². The number of rotatable bonds is 6. The van der Waals surface area contributed by atoms with E-state index in [1.807, 2.05) is 19.5 Å². The fourth-order valence-corrected chi connectivity index (χ4v) is 2.98. The van der Waals surface area contributed by atoms with Crippen molar-refractivity contribution >= 4 is 11.3 Å². The summed E-state index contributed by atoms with van der Waals surface area (Å²) in [5.74, 6) is -1.69. The second kappa shape index (κ2) is 7.06. The van der Waals surface area contributed by atoms with Crippen molar-refractivity contribution in [1.29, 1.82) is 0 Å². The summed E-state index contributed by atoms with van der Waals surface area (Å²) in [5.41, 5.74) is 9.07. The predicted octanol–water partition coefficient (Wildman–Crippen LogP) is 3.25. The van der Waals surface area contributed by atoms with Crippen LogP contribution < -0.4 is 5.73 Å². The second-order valence-corrected chi connectivity index (χ2v) is 6.08. The summed E-state index contributed by atoms with van der Waals surface area (Å²) in [7, 11) is 1.98. The van der Waals surface area contributed by atoms with Gasteiger partial charge in [0.15, 0.2) is 11.6 Å². The monoisotopic (exact) mass is 311 g/mol. The van der Waals surface area contributed by atoms with Gasteiger partial charge in [-0.3, -0.25) is 0 Å². The number of nitrogens with zero attached hydrogens (tertiary/aromatic N) is 2. The first kappa shape index (κ1) is 16.0. The Morgan fingerprint density at radius 2 is 2.14 bits per heavy atom. The molecule has 1 aromatic heterocycles. The highest BCUT2D eigenvalue weighted by Gasteiger charge is 2.15. The number of thiazole rings is 1. The molecule has 0 aliphatic heterocycles. The summed E-state index contributed by atoms with van der Waals surface area (Å²) in [6, 6.07) is 3.62. The molecule has 1 heterocycles. The first-order chi connectivity index (χ1) is 9.99. The largest absolute Gasteiger partial charge is 0.324 e. The highest BCUT2D eigenvalue weighted by atomic mass is 32.1. The average Bonchev–Trinajstić information content (AvgIpc) is 2.84. The minimum atomic E-state index is -0.850. The van der Waals surface area contributed by atoms with Crippen molar-refractivity contribution in [3.8, 4) is 0 Å². The van der Waals surface area contributed by atoms with E-state index in [2.05, 4.69) is 9.88 Å². The predicted molar refractivity (Wildman–Crippen MR) is 81.1 cm³/mol. The minimum Gasteiger partial charge on any atom is -0.324 e. The quantitative estimate of drug-likeness (QED) is 0.890. The van der Waals surface area contributed by atoms with Crippen molar-refractivity contribution in [3.05, 3.63) is 51.5 Å². The zero-order valence-corrected chi connectivity index (χ0v) is 13.0. The molecule has 2 N–H and O–H groups in total. The Hall–Kier alpha value is -1.37. The Morgan fingerprint density at radius 1 is 1.38 bits per heavy atom. The Kier molecular flexibility index (Phi) is 5.39. The normalized spacial score (nSPS) is 12.9. The third-order valence-electron chi connectivity index (χ3n) is 3.46. The maximum Gasteiger partial charge on any atom is 0.163 e. The van der Waals surface area contributed by atoms with Gasteiger partial charge >= 0.3 is 0 Å². The first-order valence-corrected chi connectivity index (χ1v) is 7.64. The highest BCUT2D eigenvalue weighted by molar-refractivity contribution is 7.09. The van der Waals surface area contributed by atoms with E-state index >= 15 is 0 Å². The van der Waals surface area contributed by atoms with E-state index in [-0.39, 0.29) is 5.56 Å². The van der Waals surface area contributed by atoms with Crippen LogP contribution in [0, 0.1) is 18.6 Å². The Balaban J connectivity index is 1.90. The number of hydrogen-bond acceptors (Lipinski definition) is 4. The summed E-state index contributed by atoms with van der Waals surface area (Å²) in [6.07, 6.45) is 0.564. The summed E-state index contributed by atoms with van der Waals surface area (Å²) < 4.78 is 26.8. The number of benzene rings is 1. The van der Waals surface area contributed by atoms with Gasteiger partial charge in [-0.2, -0.15) is 0 Å². The molecular formula is C15H19F2N3S. The number of nitrogens with two attached hydrogens (primary N) is 1. The van der Waals surface area contributed by atoms with Crippen LogP contribution in [0.2, 0.25) is 0 Å². The van der Waals surface area contributed by atoms with Gasteiger partial charge in [0, 0.05) is 29.6 Å². The molecule has 0 bridgehead atoms. The van der Waals surface area contributed by atoms with Gasteiger partial charge in [0.25, 0.3) is 0 Å². The molecule has 1 aromatic carbocycles. The van der Waals surface area contributed by atoms with Crippen LogP contribution >= 0.6 is 11.3 Å². The van der Waals surface area contributed by atoms with Crippen molar-refractivity contribution in [2.24, 2.45) is 5.73 Å². The molecule has 3 nitrogen and oxygen atoms in total. The highest BCUT2D eigenvalue weighted by Crippen LogP contribution is 2.21. The molecule has 0 aliphatic rings. The molecule has 2 aromatic rings. The topological polar surface area (TPSA) is 42.2 Å². The van der Waals surface area contributed by atoms with E-state index in [4.69, 9.17) is 5.73 Å². The number of halogens is 2. The number of hydrogen-bond donors (Lipinski definition) is 1. The number of aryl methyl sites for hydroxylation is 1. The maximum absolute atomic E-state index is 13.7. The van der Waals surface area contributed by atoms with Gasteiger partial charge in [-0.25, -0.2) is 13.8 Å². The van der Waals surface area contributed by atoms with Crippen LogP contribution in [0.1, 0.15) is 28.6 Å². The second-order valence-electron chi connectivity index (χ2n) is 5.14. The van der Waals surface area contributed by atoms with Gasteiger partial charge in [-0.05, 0) is 26.5 Å². The van der Waals surface area contributed by atoms with Crippen molar-refractivity contribution < 1.29 is 8.78 Å². The third-order valence-corrected chi connectivity index (χ3v) is 4.38. The molecule has 1 unspecified atom stereocenters. The molecule has 0 saturated heterocycles. The zero-order valence-electron chi connectivity index (χ0n) is 12.1. The molecule has 6 heteroatoms. The van der Waals surface area contributed by atoms with Gasteiger partial charge in [0.1, 0.15) is 0 Å². The van der Waals surface area contributed by atoms with Gasteiger partial charge in [-0.1, -0.05) is 12.1 Å². The summed E-state index contributed by atoms with van der Waals surface area (Å²) >= 11 is 1.62. The molecule has 0 spiro atoms. The van der Waals surface area contributed by atoms with E-state index in [9.17, 15) is 8.78 Å². The van der Waals surface area contributed by atoms with E-state index in [0.717, 1.165) is 18.3 Å². The van der Waals surface area contributed by atoms with E-state index in [1.165, 1.54) is 17.0 Å². The van der Waals surface area contributed by atoms with Crippen LogP contribution in [0.3, 0.4) is 0 Å². The molecule has 0 aliphatic carbocycles. The van der Waals surface area contributed by atoms with Crippen molar-refractivity contribution in [1.82, 2.24) is 9.88 Å². The number of aromatic nitrogens is 1. The van der Waals surface area contributed by atoms with Crippen LogP contribution in [0.25, 0.3) is 0 Å². The van der Waals surface area contributed by atoms with Crippen LogP contribution in [0.5, 0.6) is 0 Å². The molecular weight excluding hydrogens is 292 g/mol. The lowest BCUT2D eigenvalue weighted by molar-refractivity contribution is 0.311. The first-order valence-electron chi connectivity index (χ1n) is 6.76. The van der Waals surface area contributed by atoms with E-state index < -0.39 is 17.7 Å². The lowest BCUT2D eigenvalue weighted by Gasteiger charge is -2.19. The SMILES string of the molecule is Cc1ncsc1CN(C)CCC(N)c1cccc(F)c1F. The standard InChI is InChI=1S/C15H19F2N3S/c1-10-14(21-9-19-10)8-20(2)7-6-13(18)11-4-3-5-12(16)15(11)17/h3-5,9,13H,6-8,18H2,1-2H3. The molecule has 0 amide bonds. The lowest BCUT2D eigenvalue weighted by Crippen LogP contribution is -2.24. The van der Waals surface area contributed by atoms with Crippen molar-refractivity contribution in [3.63, 3.8) is 0 Å². The van der Waals surface area contributed by atoms with Gasteiger partial charge in [0.05, 0.1) is 11.2 Å². The third kappa shape index (κ3) is 4.06. The van der Waals surface area contributed by atoms with Gasteiger partial charge < -0.3 is 10.6 Å². The molecule has 2 rings (SSSR count). The average molecular weight is 311 g/mol. The van der Waals surface area contributed by atoms with Crippen molar-refractivity contribution in [2.45, 2.75) is 25.9 Å². The Morgan fingerprint density at radius 3 is 2.81 bits per heavy atom. The fraction of sp³-hybridized carbons (Fsp3) is 0.400. The molecule has 0 radical (unpaired) electrons. The minimum absolute atomic E-state index is 0.234. The van der Waals surface area contributed by atoms with Crippen LogP contribution in [-0.4, -0.2) is 23.5 Å². The van der Waals surface area contributed by atoms with Crippen LogP contribution in [0.15, 0.2) is 23.7 Å². The molecule has 1 atom stereocenters. The van der Waals surface area contributed by atoms with E-state index in [1.54, 1.807) is 11.3 Å². The summed E-state index contributed by atoms with van der Waals surface area (Å²) in [5, 5.41) is 0. The van der Waals surface area contributed by atoms with Crippen LogP contribution in [-0.2, 0) is 6.54 Å². The fourth-order valence-electron chi connectivity index (χ4n) is 2.12. The smallest absolute Gasteiger partial charge is 0.163 e. The maximum atomic E-state index is 13.7. The molecule has 114 valence electrons. The Bertz CT molecular complexity index is 600. The molecule has 0 fully saturated rings. The zero-order chi connectivity index (χ0) is 15.4. The van der Waals surface area contributed by atoms with Crippen molar-refractivity contribution in [2.75, 3.05) is 13.6 Å². The van der Waals surface area contributed by atoms with Gasteiger partial charge in [-0.15, -0.1) is 11.3 Å². The molecule has 21 heavy (non-hydrogen) atoms.